The first kappa shape index (κ1) is 21.9. The Morgan fingerprint density at radius 3 is 2.85 bits per heavy atom. The average Bonchev–Trinajstić information content (AvgIpc) is 3.55. The predicted octanol–water partition coefficient (Wildman–Crippen LogP) is 1.93. The average molecular weight is 489 g/mol. The van der Waals surface area contributed by atoms with E-state index in [1.165, 1.54) is 0 Å². The summed E-state index contributed by atoms with van der Waals surface area (Å²) in [4.78, 5) is 14.3. The Balaban J connectivity index is 1.14. The molecule has 11 heteroatoms. The molecule has 0 unspecified atom stereocenters. The Morgan fingerprint density at radius 1 is 1.12 bits per heavy atom. The molecule has 0 radical (unpaired) electrons. The maximum absolute atomic E-state index is 9.90. The van der Waals surface area contributed by atoms with Crippen LogP contribution >= 0.6 is 11.6 Å². The number of aliphatic hydroxyl groups excluding tert-OH is 1. The van der Waals surface area contributed by atoms with Crippen molar-refractivity contribution in [3.05, 3.63) is 40.9 Å². The molecule has 4 atom stereocenters. The van der Waals surface area contributed by atoms with Gasteiger partial charge in [-0.1, -0.05) is 23.7 Å². The number of ether oxygens (including phenoxy) is 5. The molecule has 0 aliphatic carbocycles. The van der Waals surface area contributed by atoms with Crippen LogP contribution in [0, 0.1) is 0 Å². The molecule has 0 amide bonds. The Hall–Kier alpha value is -2.63. The number of morpholine rings is 1. The number of pyridine rings is 1. The fraction of sp³-hybridized carbons (Fsp3) is 0.478. The van der Waals surface area contributed by atoms with Crippen molar-refractivity contribution < 1.29 is 28.8 Å². The lowest BCUT2D eigenvalue weighted by molar-refractivity contribution is 0.00706. The molecule has 3 aromatic rings. The summed E-state index contributed by atoms with van der Waals surface area (Å²) in [5.41, 5.74) is 3.22. The van der Waals surface area contributed by atoms with Crippen molar-refractivity contribution in [2.24, 2.45) is 0 Å². The maximum atomic E-state index is 9.90. The number of rotatable bonds is 6. The van der Waals surface area contributed by atoms with E-state index in [4.69, 9.17) is 35.3 Å². The summed E-state index contributed by atoms with van der Waals surface area (Å²) in [5.74, 6) is 0.301. The third-order valence-corrected chi connectivity index (χ3v) is 6.55. The first-order chi connectivity index (χ1) is 16.6. The van der Waals surface area contributed by atoms with Crippen LogP contribution in [0.5, 0.6) is 11.9 Å². The zero-order chi connectivity index (χ0) is 23.1. The van der Waals surface area contributed by atoms with Crippen LogP contribution in [0.3, 0.4) is 0 Å². The van der Waals surface area contributed by atoms with Crippen molar-refractivity contribution in [2.75, 3.05) is 44.4 Å². The van der Waals surface area contributed by atoms with E-state index >= 15 is 0 Å². The van der Waals surface area contributed by atoms with E-state index in [9.17, 15) is 5.11 Å². The van der Waals surface area contributed by atoms with Crippen molar-refractivity contribution in [2.45, 2.75) is 31.0 Å². The van der Waals surface area contributed by atoms with Gasteiger partial charge >= 0.3 is 0 Å². The summed E-state index contributed by atoms with van der Waals surface area (Å²) in [6.07, 6.45) is -1.70. The second-order valence-corrected chi connectivity index (χ2v) is 8.97. The van der Waals surface area contributed by atoms with Gasteiger partial charge in [0.25, 0.3) is 6.01 Å². The van der Waals surface area contributed by atoms with E-state index in [1.807, 2.05) is 12.1 Å². The van der Waals surface area contributed by atoms with Gasteiger partial charge in [-0.15, -0.1) is 0 Å². The molecule has 0 spiro atoms. The highest BCUT2D eigenvalue weighted by Gasteiger charge is 2.48. The molecule has 0 saturated carbocycles. The van der Waals surface area contributed by atoms with Crippen LogP contribution in [0.25, 0.3) is 11.2 Å². The SMILES string of the molecule is O[C@@H]1CO[C@H]2[C@@H]1OC[C@H]2Oc1nc2nc(OCc3cccc(N4CCOCC4)c3)c(Cl)cc2[nH]1. The molecule has 34 heavy (non-hydrogen) atoms. The quantitative estimate of drug-likeness (QED) is 0.537. The molecule has 5 heterocycles. The van der Waals surface area contributed by atoms with Gasteiger partial charge in [0.2, 0.25) is 5.88 Å². The molecule has 0 bridgehead atoms. The minimum atomic E-state index is -0.635. The lowest BCUT2D eigenvalue weighted by Gasteiger charge is -2.29. The molecule has 3 fully saturated rings. The molecule has 2 N–H and O–H groups in total. The number of benzene rings is 1. The van der Waals surface area contributed by atoms with E-state index in [0.29, 0.717) is 35.3 Å². The van der Waals surface area contributed by atoms with Gasteiger partial charge in [0.1, 0.15) is 29.9 Å². The Bertz CT molecular complexity index is 1170. The molecule has 3 aliphatic heterocycles. The van der Waals surface area contributed by atoms with Gasteiger partial charge in [-0.05, 0) is 23.8 Å². The summed E-state index contributed by atoms with van der Waals surface area (Å²) in [6.45, 7) is 4.10. The monoisotopic (exact) mass is 488 g/mol. The molecule has 180 valence electrons. The van der Waals surface area contributed by atoms with Crippen LogP contribution in [0.2, 0.25) is 5.02 Å². The van der Waals surface area contributed by atoms with E-state index in [-0.39, 0.29) is 30.9 Å². The van der Waals surface area contributed by atoms with Crippen LogP contribution in [0.4, 0.5) is 5.69 Å². The van der Waals surface area contributed by atoms with E-state index < -0.39 is 6.10 Å². The Kier molecular flexibility index (Phi) is 5.92. The number of nitrogens with zero attached hydrogens (tertiary/aromatic N) is 3. The van der Waals surface area contributed by atoms with Gasteiger partial charge in [-0.25, -0.2) is 0 Å². The third-order valence-electron chi connectivity index (χ3n) is 6.28. The van der Waals surface area contributed by atoms with Gasteiger partial charge < -0.3 is 38.7 Å². The van der Waals surface area contributed by atoms with Crippen LogP contribution in [-0.2, 0) is 20.8 Å². The minimum Gasteiger partial charge on any atom is -0.472 e. The lowest BCUT2D eigenvalue weighted by Crippen LogP contribution is -2.36. The van der Waals surface area contributed by atoms with Gasteiger partial charge in [-0.3, -0.25) is 0 Å². The molecular formula is C23H25ClN4O6. The van der Waals surface area contributed by atoms with Crippen molar-refractivity contribution in [1.29, 1.82) is 0 Å². The second kappa shape index (κ2) is 9.20. The fourth-order valence-electron chi connectivity index (χ4n) is 4.54. The zero-order valence-electron chi connectivity index (χ0n) is 18.4. The van der Waals surface area contributed by atoms with Gasteiger partial charge in [-0.2, -0.15) is 9.97 Å². The fourth-order valence-corrected chi connectivity index (χ4v) is 4.75. The summed E-state index contributed by atoms with van der Waals surface area (Å²) >= 11 is 6.43. The first-order valence-corrected chi connectivity index (χ1v) is 11.7. The van der Waals surface area contributed by atoms with Gasteiger partial charge in [0, 0.05) is 18.8 Å². The highest BCUT2D eigenvalue weighted by Crippen LogP contribution is 2.31. The number of anilines is 1. The lowest BCUT2D eigenvalue weighted by atomic mass is 10.1. The Labute approximate surface area is 200 Å². The summed E-state index contributed by atoms with van der Waals surface area (Å²) in [6, 6.07) is 10.2. The van der Waals surface area contributed by atoms with E-state index in [0.717, 1.165) is 37.6 Å². The number of hydrogen-bond donors (Lipinski definition) is 2. The first-order valence-electron chi connectivity index (χ1n) is 11.3. The predicted molar refractivity (Wildman–Crippen MR) is 123 cm³/mol. The molecule has 3 aliphatic rings. The van der Waals surface area contributed by atoms with Gasteiger partial charge in [0.05, 0.1) is 31.9 Å². The number of aliphatic hydroxyl groups is 1. The molecule has 3 saturated heterocycles. The normalized spacial score (nSPS) is 26.7. The minimum absolute atomic E-state index is 0.239. The van der Waals surface area contributed by atoms with Crippen LogP contribution in [0.1, 0.15) is 5.56 Å². The zero-order valence-corrected chi connectivity index (χ0v) is 19.1. The summed E-state index contributed by atoms with van der Waals surface area (Å²) < 4.78 is 28.5. The third kappa shape index (κ3) is 4.27. The largest absolute Gasteiger partial charge is 0.472 e. The summed E-state index contributed by atoms with van der Waals surface area (Å²) in [7, 11) is 0. The second-order valence-electron chi connectivity index (χ2n) is 8.57. The molecule has 10 nitrogen and oxygen atoms in total. The highest BCUT2D eigenvalue weighted by atomic mass is 35.5. The number of nitrogens with one attached hydrogen (secondary N) is 1. The molecular weight excluding hydrogens is 464 g/mol. The smallest absolute Gasteiger partial charge is 0.296 e. The van der Waals surface area contributed by atoms with Crippen LogP contribution in [0.15, 0.2) is 30.3 Å². The van der Waals surface area contributed by atoms with Crippen molar-refractivity contribution in [3.8, 4) is 11.9 Å². The van der Waals surface area contributed by atoms with E-state index in [1.54, 1.807) is 6.07 Å². The van der Waals surface area contributed by atoms with Crippen molar-refractivity contribution in [3.63, 3.8) is 0 Å². The van der Waals surface area contributed by atoms with Crippen LogP contribution in [-0.4, -0.2) is 84.0 Å². The highest BCUT2D eigenvalue weighted by molar-refractivity contribution is 6.32. The number of fused-ring (bicyclic) bond motifs is 2. The molecule has 6 rings (SSSR count). The number of hydrogen-bond acceptors (Lipinski definition) is 9. The molecule has 1 aromatic carbocycles. The number of aromatic nitrogens is 3. The number of halogens is 1. The van der Waals surface area contributed by atoms with Crippen LogP contribution < -0.4 is 14.4 Å². The number of imidazole rings is 1. The van der Waals surface area contributed by atoms with E-state index in [2.05, 4.69) is 32.0 Å². The topological polar surface area (TPSA) is 111 Å². The van der Waals surface area contributed by atoms with Crippen molar-refractivity contribution in [1.82, 2.24) is 15.0 Å². The maximum Gasteiger partial charge on any atom is 0.296 e. The number of aromatic amines is 1. The van der Waals surface area contributed by atoms with Gasteiger partial charge in [0.15, 0.2) is 11.8 Å². The standard InChI is InChI=1S/C23H25ClN4O6/c24-15-9-16-21(27-23(25-16)34-18-12-32-19-17(29)11-31-20(18)19)26-22(15)33-10-13-2-1-3-14(8-13)28-4-6-30-7-5-28/h1-3,8-9,17-20,29H,4-7,10-12H2,(H,25,26,27)/t17-,18-,19-,20-/m1/s1. The molecule has 2 aromatic heterocycles. The summed E-state index contributed by atoms with van der Waals surface area (Å²) in [5, 5.41) is 10.3. The number of H-pyrrole nitrogens is 1. The Morgan fingerprint density at radius 2 is 1.97 bits per heavy atom. The van der Waals surface area contributed by atoms with Crippen molar-refractivity contribution >= 4 is 28.5 Å².